The van der Waals surface area contributed by atoms with Crippen molar-refractivity contribution in [2.75, 3.05) is 13.1 Å². The molecule has 4 rings (SSSR count). The van der Waals surface area contributed by atoms with Crippen molar-refractivity contribution in [3.05, 3.63) is 64.1 Å². The van der Waals surface area contributed by atoms with Crippen LogP contribution in [-0.2, 0) is 17.8 Å². The Bertz CT molecular complexity index is 947. The van der Waals surface area contributed by atoms with E-state index < -0.39 is 0 Å². The first-order chi connectivity index (χ1) is 13.5. The molecule has 0 bridgehead atoms. The molecule has 0 saturated carbocycles. The Morgan fingerprint density at radius 1 is 1.25 bits per heavy atom. The number of rotatable bonds is 1. The number of hydrogen-bond donors (Lipinski definition) is 3. The standard InChI is InChI=1S/C14H15N3O2.C4H6N2.C3H8/c15-7-13(18)17-6-5-10-9-3-1-2-4-11(9)14(19)16-12(10)8-17;1-4-2-5-3-6-4;1-3-2/h1-4H,5-8,15H2,(H,16,19);2-3H,1H3,(H,5,6);3H2,1-2H3. The third-order valence-corrected chi connectivity index (χ3v) is 4.27. The smallest absolute Gasteiger partial charge is 0.256 e. The lowest BCUT2D eigenvalue weighted by Gasteiger charge is -2.28. The summed E-state index contributed by atoms with van der Waals surface area (Å²) in [6.07, 6.45) is 5.44. The number of imidazole rings is 1. The van der Waals surface area contributed by atoms with E-state index in [9.17, 15) is 9.59 Å². The Hall–Kier alpha value is -2.93. The van der Waals surface area contributed by atoms with Crippen LogP contribution in [0, 0.1) is 6.92 Å². The average molecular weight is 383 g/mol. The number of nitrogens with one attached hydrogen (secondary N) is 2. The van der Waals surface area contributed by atoms with Crippen molar-refractivity contribution in [3.63, 3.8) is 0 Å². The topological polar surface area (TPSA) is 108 Å². The quantitative estimate of drug-likeness (QED) is 0.600. The second-order valence-corrected chi connectivity index (χ2v) is 6.67. The molecule has 0 fully saturated rings. The van der Waals surface area contributed by atoms with Gasteiger partial charge in [0, 0.05) is 29.5 Å². The van der Waals surface area contributed by atoms with Crippen molar-refractivity contribution in [2.45, 2.75) is 40.2 Å². The maximum Gasteiger partial charge on any atom is 0.256 e. The number of carbonyl (C=O) groups is 1. The molecule has 0 unspecified atom stereocenters. The van der Waals surface area contributed by atoms with Crippen LogP contribution in [0.1, 0.15) is 37.2 Å². The van der Waals surface area contributed by atoms with E-state index in [1.165, 1.54) is 6.42 Å². The van der Waals surface area contributed by atoms with Crippen LogP contribution in [0.4, 0.5) is 0 Å². The zero-order valence-corrected chi connectivity index (χ0v) is 16.8. The van der Waals surface area contributed by atoms with Gasteiger partial charge in [0.15, 0.2) is 0 Å². The van der Waals surface area contributed by atoms with Crippen LogP contribution in [0.25, 0.3) is 10.8 Å². The molecule has 0 saturated heterocycles. The van der Waals surface area contributed by atoms with E-state index in [1.54, 1.807) is 17.4 Å². The molecule has 28 heavy (non-hydrogen) atoms. The van der Waals surface area contributed by atoms with E-state index >= 15 is 0 Å². The van der Waals surface area contributed by atoms with E-state index in [0.29, 0.717) is 18.5 Å². The molecule has 150 valence electrons. The number of H-pyrrole nitrogens is 2. The number of amides is 1. The predicted molar refractivity (Wildman–Crippen MR) is 112 cm³/mol. The zero-order valence-electron chi connectivity index (χ0n) is 16.8. The number of hydrogen-bond acceptors (Lipinski definition) is 4. The van der Waals surface area contributed by atoms with Crippen molar-refractivity contribution >= 4 is 16.7 Å². The zero-order chi connectivity index (χ0) is 20.5. The van der Waals surface area contributed by atoms with Gasteiger partial charge in [0.05, 0.1) is 19.4 Å². The van der Waals surface area contributed by atoms with Gasteiger partial charge in [-0.1, -0.05) is 38.5 Å². The summed E-state index contributed by atoms with van der Waals surface area (Å²) in [5.41, 5.74) is 8.35. The van der Waals surface area contributed by atoms with Gasteiger partial charge in [0.25, 0.3) is 5.56 Å². The van der Waals surface area contributed by atoms with Crippen molar-refractivity contribution in [1.29, 1.82) is 0 Å². The monoisotopic (exact) mass is 383 g/mol. The number of nitrogens with two attached hydrogens (primary N) is 1. The molecule has 3 heterocycles. The molecule has 4 N–H and O–H groups in total. The van der Waals surface area contributed by atoms with Gasteiger partial charge < -0.3 is 20.6 Å². The van der Waals surface area contributed by atoms with Crippen LogP contribution in [0.3, 0.4) is 0 Å². The highest BCUT2D eigenvalue weighted by Crippen LogP contribution is 2.23. The van der Waals surface area contributed by atoms with Crippen LogP contribution in [0.2, 0.25) is 0 Å². The summed E-state index contributed by atoms with van der Waals surface area (Å²) in [5.74, 6) is -0.0837. The SMILES string of the molecule is CCC.Cc1cnc[nH]1.NCC(=O)N1CCc2c([nH]c(=O)c3ccccc23)C1. The molecule has 0 aliphatic carbocycles. The van der Waals surface area contributed by atoms with Gasteiger partial charge >= 0.3 is 0 Å². The van der Waals surface area contributed by atoms with E-state index in [1.807, 2.05) is 31.2 Å². The molecule has 0 spiro atoms. The highest BCUT2D eigenvalue weighted by Gasteiger charge is 2.22. The molecular formula is C21H29N5O2. The molecule has 0 radical (unpaired) electrons. The number of fused-ring (bicyclic) bond motifs is 3. The number of pyridine rings is 1. The van der Waals surface area contributed by atoms with Crippen LogP contribution < -0.4 is 11.3 Å². The van der Waals surface area contributed by atoms with Gasteiger partial charge in [-0.25, -0.2) is 4.98 Å². The second kappa shape index (κ2) is 10.4. The van der Waals surface area contributed by atoms with Gasteiger partial charge in [-0.15, -0.1) is 0 Å². The maximum atomic E-state index is 12.0. The summed E-state index contributed by atoms with van der Waals surface area (Å²) in [6, 6.07) is 7.58. The number of nitrogens with zero attached hydrogens (tertiary/aromatic N) is 2. The van der Waals surface area contributed by atoms with Crippen molar-refractivity contribution in [3.8, 4) is 0 Å². The van der Waals surface area contributed by atoms with E-state index in [2.05, 4.69) is 28.8 Å². The van der Waals surface area contributed by atoms with E-state index in [0.717, 1.165) is 28.8 Å². The first-order valence-electron chi connectivity index (χ1n) is 9.57. The average Bonchev–Trinajstić information content (AvgIpc) is 3.19. The minimum absolute atomic E-state index is 0.00709. The maximum absolute atomic E-state index is 12.0. The lowest BCUT2D eigenvalue weighted by atomic mass is 9.98. The van der Waals surface area contributed by atoms with Crippen LogP contribution in [0.5, 0.6) is 0 Å². The highest BCUT2D eigenvalue weighted by atomic mass is 16.2. The number of aromatic amines is 2. The Kier molecular flexibility index (Phi) is 7.95. The lowest BCUT2D eigenvalue weighted by Crippen LogP contribution is -2.40. The van der Waals surface area contributed by atoms with E-state index in [-0.39, 0.29) is 18.0 Å². The fourth-order valence-electron chi connectivity index (χ4n) is 2.99. The summed E-state index contributed by atoms with van der Waals surface area (Å²) in [4.78, 5) is 34.9. The molecule has 1 aliphatic rings. The molecule has 1 amide bonds. The fraction of sp³-hybridized carbons (Fsp3) is 0.381. The van der Waals surface area contributed by atoms with Crippen molar-refractivity contribution in [1.82, 2.24) is 19.9 Å². The first kappa shape index (κ1) is 21.4. The van der Waals surface area contributed by atoms with Gasteiger partial charge in [-0.3, -0.25) is 9.59 Å². The number of benzene rings is 1. The largest absolute Gasteiger partial charge is 0.349 e. The number of aryl methyl sites for hydroxylation is 1. The number of carbonyl (C=O) groups excluding carboxylic acids is 1. The highest BCUT2D eigenvalue weighted by molar-refractivity contribution is 5.86. The number of aromatic nitrogens is 3. The summed E-state index contributed by atoms with van der Waals surface area (Å²) in [5, 5.41) is 1.70. The van der Waals surface area contributed by atoms with Crippen LogP contribution in [-0.4, -0.2) is 38.8 Å². The second-order valence-electron chi connectivity index (χ2n) is 6.67. The Morgan fingerprint density at radius 2 is 1.93 bits per heavy atom. The predicted octanol–water partition coefficient (Wildman–Crippen LogP) is 2.51. The summed E-state index contributed by atoms with van der Waals surface area (Å²) < 4.78 is 0. The van der Waals surface area contributed by atoms with Gasteiger partial charge in [-0.2, -0.15) is 0 Å². The molecule has 0 atom stereocenters. The Morgan fingerprint density at radius 3 is 2.46 bits per heavy atom. The Labute approximate surface area is 165 Å². The Balaban J connectivity index is 0.000000260. The van der Waals surface area contributed by atoms with Crippen molar-refractivity contribution < 1.29 is 4.79 Å². The van der Waals surface area contributed by atoms with Crippen LogP contribution in [0.15, 0.2) is 41.6 Å². The normalized spacial score (nSPS) is 12.4. The third kappa shape index (κ3) is 5.29. The summed E-state index contributed by atoms with van der Waals surface area (Å²) >= 11 is 0. The molecule has 7 heteroatoms. The molecular weight excluding hydrogens is 354 g/mol. The molecule has 1 aliphatic heterocycles. The molecule has 1 aromatic carbocycles. The van der Waals surface area contributed by atoms with Crippen LogP contribution >= 0.6 is 0 Å². The fourth-order valence-corrected chi connectivity index (χ4v) is 2.99. The first-order valence-corrected chi connectivity index (χ1v) is 9.57. The van der Waals surface area contributed by atoms with Gasteiger partial charge in [0.2, 0.25) is 5.91 Å². The minimum Gasteiger partial charge on any atom is -0.349 e. The molecule has 2 aromatic heterocycles. The van der Waals surface area contributed by atoms with E-state index in [4.69, 9.17) is 5.73 Å². The van der Waals surface area contributed by atoms with Crippen molar-refractivity contribution in [2.24, 2.45) is 5.73 Å². The molecule has 3 aromatic rings. The third-order valence-electron chi connectivity index (χ3n) is 4.27. The van der Waals surface area contributed by atoms with Gasteiger partial charge in [0.1, 0.15) is 0 Å². The molecule has 7 nitrogen and oxygen atoms in total. The van der Waals surface area contributed by atoms with Gasteiger partial charge in [-0.05, 0) is 30.4 Å². The lowest BCUT2D eigenvalue weighted by molar-refractivity contribution is -0.130. The minimum atomic E-state index is -0.101. The summed E-state index contributed by atoms with van der Waals surface area (Å²) in [6.45, 7) is 7.31. The summed E-state index contributed by atoms with van der Waals surface area (Å²) in [7, 11) is 0.